The fourth-order valence-corrected chi connectivity index (χ4v) is 1.85. The van der Waals surface area contributed by atoms with E-state index in [4.69, 9.17) is 10.00 Å². The Kier molecular flexibility index (Phi) is 2.90. The molecule has 1 saturated carbocycles. The summed E-state index contributed by atoms with van der Waals surface area (Å²) >= 11 is 0. The molecule has 0 bridgehead atoms. The third-order valence-electron chi connectivity index (χ3n) is 2.14. The lowest BCUT2D eigenvalue weighted by Crippen LogP contribution is -2.13. The number of anilines is 1. The second kappa shape index (κ2) is 4.22. The van der Waals surface area contributed by atoms with Crippen molar-refractivity contribution in [2.24, 2.45) is 0 Å². The average molecular weight is 253 g/mol. The highest BCUT2D eigenvalue weighted by Crippen LogP contribution is 2.33. The number of hydrogen-bond acceptors (Lipinski definition) is 5. The molecule has 1 fully saturated rings. The van der Waals surface area contributed by atoms with Crippen LogP contribution in [0.15, 0.2) is 12.4 Å². The number of nitrogens with one attached hydrogen (secondary N) is 1. The summed E-state index contributed by atoms with van der Waals surface area (Å²) in [6.45, 7) is 0. The highest BCUT2D eigenvalue weighted by molar-refractivity contribution is 7.92. The fourth-order valence-electron chi connectivity index (χ4n) is 1.27. The van der Waals surface area contributed by atoms with E-state index in [1.807, 2.05) is 6.07 Å². The molecule has 1 N–H and O–H groups in total. The van der Waals surface area contributed by atoms with Crippen molar-refractivity contribution in [3.8, 4) is 11.8 Å². The Morgan fingerprint density at radius 3 is 2.76 bits per heavy atom. The lowest BCUT2D eigenvalue weighted by atomic mass is 10.2. The zero-order chi connectivity index (χ0) is 12.5. The zero-order valence-corrected chi connectivity index (χ0v) is 9.99. The molecule has 0 aromatic carbocycles. The first-order valence-corrected chi connectivity index (χ1v) is 6.91. The van der Waals surface area contributed by atoms with E-state index in [0.717, 1.165) is 19.1 Å². The summed E-state index contributed by atoms with van der Waals surface area (Å²) in [5.41, 5.74) is 0.311. The van der Waals surface area contributed by atoms with Crippen molar-refractivity contribution < 1.29 is 13.2 Å². The summed E-state index contributed by atoms with van der Waals surface area (Å²) in [5, 5.41) is 8.91. The quantitative estimate of drug-likeness (QED) is 0.859. The van der Waals surface area contributed by atoms with E-state index in [1.165, 1.54) is 12.4 Å². The minimum atomic E-state index is -3.46. The Bertz CT molecular complexity index is 573. The molecule has 1 aromatic rings. The predicted molar refractivity (Wildman–Crippen MR) is 61.1 cm³/mol. The molecule has 7 heteroatoms. The fraction of sp³-hybridized carbons (Fsp3) is 0.400. The summed E-state index contributed by atoms with van der Waals surface area (Å²) < 4.78 is 30.2. The van der Waals surface area contributed by atoms with Crippen LogP contribution in [-0.2, 0) is 10.0 Å². The van der Waals surface area contributed by atoms with Crippen LogP contribution in [0.5, 0.6) is 5.75 Å². The van der Waals surface area contributed by atoms with E-state index in [2.05, 4.69) is 9.71 Å². The molecule has 17 heavy (non-hydrogen) atoms. The summed E-state index contributed by atoms with van der Waals surface area (Å²) in [7, 11) is -3.46. The molecule has 0 aliphatic heterocycles. The number of hydrogen-bond donors (Lipinski definition) is 1. The van der Waals surface area contributed by atoms with Gasteiger partial charge in [0.2, 0.25) is 10.0 Å². The highest BCUT2D eigenvalue weighted by atomic mass is 32.2. The normalized spacial score (nSPS) is 15.1. The van der Waals surface area contributed by atoms with E-state index in [1.54, 1.807) is 0 Å². The van der Waals surface area contributed by atoms with Gasteiger partial charge in [-0.05, 0) is 12.8 Å². The Balaban J connectivity index is 2.39. The van der Waals surface area contributed by atoms with Crippen LogP contribution in [0.2, 0.25) is 0 Å². The van der Waals surface area contributed by atoms with Crippen molar-refractivity contribution in [1.82, 2.24) is 4.98 Å². The SMILES string of the molecule is CS(=O)(=O)Nc1c(C#N)cncc1OC1CC1. The Labute approximate surface area is 99.3 Å². The molecular weight excluding hydrogens is 242 g/mol. The van der Waals surface area contributed by atoms with Gasteiger partial charge in [-0.2, -0.15) is 5.26 Å². The molecule has 0 atom stereocenters. The van der Waals surface area contributed by atoms with Gasteiger partial charge in [-0.15, -0.1) is 0 Å². The van der Waals surface area contributed by atoms with E-state index >= 15 is 0 Å². The second-order valence-electron chi connectivity index (χ2n) is 3.86. The summed E-state index contributed by atoms with van der Waals surface area (Å²) in [5.74, 6) is 0.303. The maximum atomic E-state index is 11.2. The average Bonchev–Trinajstić information content (AvgIpc) is 3.02. The molecule has 90 valence electrons. The maximum Gasteiger partial charge on any atom is 0.229 e. The van der Waals surface area contributed by atoms with Crippen molar-refractivity contribution in [3.63, 3.8) is 0 Å². The number of rotatable bonds is 4. The molecule has 0 spiro atoms. The summed E-state index contributed by atoms with van der Waals surface area (Å²) in [4.78, 5) is 3.84. The largest absolute Gasteiger partial charge is 0.487 e. The van der Waals surface area contributed by atoms with Crippen LogP contribution >= 0.6 is 0 Å². The van der Waals surface area contributed by atoms with E-state index < -0.39 is 10.0 Å². The van der Waals surface area contributed by atoms with Gasteiger partial charge in [-0.3, -0.25) is 9.71 Å². The first kappa shape index (κ1) is 11.7. The van der Waals surface area contributed by atoms with Crippen molar-refractivity contribution in [2.75, 3.05) is 11.0 Å². The number of nitriles is 1. The van der Waals surface area contributed by atoms with Crippen molar-refractivity contribution >= 4 is 15.7 Å². The number of sulfonamides is 1. The van der Waals surface area contributed by atoms with Crippen LogP contribution in [0, 0.1) is 11.3 Å². The Morgan fingerprint density at radius 2 is 2.24 bits per heavy atom. The highest BCUT2D eigenvalue weighted by Gasteiger charge is 2.26. The molecule has 0 radical (unpaired) electrons. The smallest absolute Gasteiger partial charge is 0.229 e. The van der Waals surface area contributed by atoms with Gasteiger partial charge >= 0.3 is 0 Å². The minimum absolute atomic E-state index is 0.103. The first-order valence-electron chi connectivity index (χ1n) is 5.02. The monoisotopic (exact) mass is 253 g/mol. The lowest BCUT2D eigenvalue weighted by Gasteiger charge is -2.12. The molecule has 0 amide bonds. The van der Waals surface area contributed by atoms with Crippen molar-refractivity contribution in [2.45, 2.75) is 18.9 Å². The summed E-state index contributed by atoms with van der Waals surface area (Å²) in [6.07, 6.45) is 5.71. The molecule has 1 heterocycles. The first-order chi connectivity index (χ1) is 7.99. The van der Waals surface area contributed by atoms with E-state index in [-0.39, 0.29) is 17.4 Å². The molecule has 1 aromatic heterocycles. The van der Waals surface area contributed by atoms with Crippen LogP contribution < -0.4 is 9.46 Å². The van der Waals surface area contributed by atoms with Crippen LogP contribution in [0.3, 0.4) is 0 Å². The Morgan fingerprint density at radius 1 is 1.53 bits per heavy atom. The maximum absolute atomic E-state index is 11.2. The number of aromatic nitrogens is 1. The van der Waals surface area contributed by atoms with Crippen LogP contribution in [-0.4, -0.2) is 25.8 Å². The van der Waals surface area contributed by atoms with Gasteiger partial charge in [0, 0.05) is 6.20 Å². The number of pyridine rings is 1. The second-order valence-corrected chi connectivity index (χ2v) is 5.61. The standard InChI is InChI=1S/C10H11N3O3S/c1-17(14,15)13-10-7(4-11)5-12-6-9(10)16-8-2-3-8/h5-6,8H,2-3H2,1H3,(H,12,13). The minimum Gasteiger partial charge on any atom is -0.487 e. The van der Waals surface area contributed by atoms with E-state index in [9.17, 15) is 8.42 Å². The molecular formula is C10H11N3O3S. The molecule has 1 aliphatic carbocycles. The van der Waals surface area contributed by atoms with Crippen LogP contribution in [0.25, 0.3) is 0 Å². The molecule has 2 rings (SSSR count). The van der Waals surface area contributed by atoms with Crippen LogP contribution in [0.1, 0.15) is 18.4 Å². The van der Waals surface area contributed by atoms with E-state index in [0.29, 0.717) is 5.75 Å². The van der Waals surface area contributed by atoms with Gasteiger partial charge in [0.1, 0.15) is 11.8 Å². The topological polar surface area (TPSA) is 92.1 Å². The third-order valence-corrected chi connectivity index (χ3v) is 2.71. The van der Waals surface area contributed by atoms with Gasteiger partial charge in [0.25, 0.3) is 0 Å². The van der Waals surface area contributed by atoms with Gasteiger partial charge in [-0.25, -0.2) is 8.42 Å². The Hall–Kier alpha value is -1.81. The van der Waals surface area contributed by atoms with Crippen molar-refractivity contribution in [1.29, 1.82) is 5.26 Å². The molecule has 0 saturated heterocycles. The lowest BCUT2D eigenvalue weighted by molar-refractivity contribution is 0.303. The van der Waals surface area contributed by atoms with Gasteiger partial charge in [0.05, 0.1) is 24.1 Å². The number of nitrogens with zero attached hydrogens (tertiary/aromatic N) is 2. The van der Waals surface area contributed by atoms with Gasteiger partial charge < -0.3 is 4.74 Å². The van der Waals surface area contributed by atoms with Gasteiger partial charge in [-0.1, -0.05) is 0 Å². The summed E-state index contributed by atoms with van der Waals surface area (Å²) in [6, 6.07) is 1.88. The number of ether oxygens (including phenoxy) is 1. The van der Waals surface area contributed by atoms with Crippen LogP contribution in [0.4, 0.5) is 5.69 Å². The zero-order valence-electron chi connectivity index (χ0n) is 9.17. The predicted octanol–water partition coefficient (Wildman–Crippen LogP) is 0.866. The molecule has 0 unspecified atom stereocenters. The van der Waals surface area contributed by atoms with Crippen molar-refractivity contribution in [3.05, 3.63) is 18.0 Å². The molecule has 1 aliphatic rings. The third kappa shape index (κ3) is 3.07. The molecule has 6 nitrogen and oxygen atoms in total. The van der Waals surface area contributed by atoms with Gasteiger partial charge in [0.15, 0.2) is 5.75 Å².